The zero-order valence-electron chi connectivity index (χ0n) is 11.8. The van der Waals surface area contributed by atoms with E-state index in [0.29, 0.717) is 17.8 Å². The molecule has 2 rings (SSSR count). The van der Waals surface area contributed by atoms with Crippen molar-refractivity contribution in [2.45, 2.75) is 53.0 Å². The Morgan fingerprint density at radius 1 is 1.37 bits per heavy atom. The van der Waals surface area contributed by atoms with E-state index in [1.54, 1.807) is 18.4 Å². The molecule has 0 saturated heterocycles. The van der Waals surface area contributed by atoms with Crippen LogP contribution in [0, 0.1) is 19.3 Å². The van der Waals surface area contributed by atoms with Gasteiger partial charge in [0.2, 0.25) is 0 Å². The largest absolute Gasteiger partial charge is 0.478 e. The summed E-state index contributed by atoms with van der Waals surface area (Å²) >= 11 is 0. The van der Waals surface area contributed by atoms with E-state index in [-0.39, 0.29) is 16.5 Å². The maximum atomic E-state index is 12.1. The molecule has 0 atom stereocenters. The van der Waals surface area contributed by atoms with Crippen LogP contribution < -0.4 is 5.56 Å². The van der Waals surface area contributed by atoms with Crippen molar-refractivity contribution in [3.8, 4) is 0 Å². The van der Waals surface area contributed by atoms with Crippen LogP contribution in [-0.2, 0) is 6.54 Å². The monoisotopic (exact) mass is 263 g/mol. The Morgan fingerprint density at radius 3 is 2.47 bits per heavy atom. The summed E-state index contributed by atoms with van der Waals surface area (Å²) in [6.45, 7) is 6.22. The Morgan fingerprint density at radius 2 is 1.95 bits per heavy atom. The van der Waals surface area contributed by atoms with Gasteiger partial charge in [-0.2, -0.15) is 0 Å². The Kier molecular flexibility index (Phi) is 3.52. The van der Waals surface area contributed by atoms with E-state index in [9.17, 15) is 14.7 Å². The van der Waals surface area contributed by atoms with E-state index in [1.165, 1.54) is 18.9 Å². The summed E-state index contributed by atoms with van der Waals surface area (Å²) in [7, 11) is 0. The predicted molar refractivity (Wildman–Crippen MR) is 73.7 cm³/mol. The Hall–Kier alpha value is -1.58. The molecule has 1 aromatic rings. The lowest BCUT2D eigenvalue weighted by atomic mass is 9.88. The van der Waals surface area contributed by atoms with Crippen LogP contribution in [0.4, 0.5) is 0 Å². The molecule has 19 heavy (non-hydrogen) atoms. The fraction of sp³-hybridized carbons (Fsp3) is 0.600. The van der Waals surface area contributed by atoms with Gasteiger partial charge < -0.3 is 9.67 Å². The van der Waals surface area contributed by atoms with Gasteiger partial charge in [-0.3, -0.25) is 4.79 Å². The van der Waals surface area contributed by atoms with Crippen LogP contribution >= 0.6 is 0 Å². The molecule has 1 aliphatic carbocycles. The molecule has 1 saturated carbocycles. The first kappa shape index (κ1) is 13.8. The van der Waals surface area contributed by atoms with Crippen LogP contribution in [-0.4, -0.2) is 15.6 Å². The molecule has 0 aliphatic heterocycles. The molecule has 1 heterocycles. The van der Waals surface area contributed by atoms with Gasteiger partial charge in [0.15, 0.2) is 0 Å². The maximum absolute atomic E-state index is 12.1. The molecule has 0 unspecified atom stereocenters. The highest BCUT2D eigenvalue weighted by atomic mass is 16.4. The van der Waals surface area contributed by atoms with Crippen LogP contribution in [0.15, 0.2) is 10.9 Å². The lowest BCUT2D eigenvalue weighted by molar-refractivity contribution is 0.0693. The number of pyridine rings is 1. The minimum Gasteiger partial charge on any atom is -0.478 e. The van der Waals surface area contributed by atoms with Crippen LogP contribution in [0.3, 0.4) is 0 Å². The number of carboxylic acid groups (broad SMARTS) is 1. The second kappa shape index (κ2) is 4.83. The molecule has 4 nitrogen and oxygen atoms in total. The summed E-state index contributed by atoms with van der Waals surface area (Å²) in [6.07, 6.45) is 4.61. The number of rotatable bonds is 3. The number of hydrogen-bond acceptors (Lipinski definition) is 2. The third-order valence-corrected chi connectivity index (χ3v) is 4.33. The average molecular weight is 263 g/mol. The minimum atomic E-state index is -0.958. The van der Waals surface area contributed by atoms with Crippen molar-refractivity contribution in [1.82, 2.24) is 4.57 Å². The predicted octanol–water partition coefficient (Wildman–Crippen LogP) is 2.74. The zero-order valence-corrected chi connectivity index (χ0v) is 11.8. The van der Waals surface area contributed by atoms with E-state index < -0.39 is 5.97 Å². The SMILES string of the molecule is Cc1cc(=O)n(CC2(C)CCCC2)c(C)c1C(=O)O. The normalized spacial score (nSPS) is 17.6. The van der Waals surface area contributed by atoms with Gasteiger partial charge in [-0.15, -0.1) is 0 Å². The molecular formula is C15H21NO3. The lowest BCUT2D eigenvalue weighted by Gasteiger charge is -2.26. The number of hydrogen-bond donors (Lipinski definition) is 1. The van der Waals surface area contributed by atoms with Crippen molar-refractivity contribution >= 4 is 5.97 Å². The van der Waals surface area contributed by atoms with Gasteiger partial charge >= 0.3 is 5.97 Å². The van der Waals surface area contributed by atoms with E-state index in [2.05, 4.69) is 6.92 Å². The first-order chi connectivity index (χ1) is 8.84. The van der Waals surface area contributed by atoms with E-state index in [0.717, 1.165) is 12.8 Å². The molecule has 0 radical (unpaired) electrons. The molecule has 104 valence electrons. The highest BCUT2D eigenvalue weighted by Gasteiger charge is 2.30. The zero-order chi connectivity index (χ0) is 14.2. The number of nitrogens with zero attached hydrogens (tertiary/aromatic N) is 1. The van der Waals surface area contributed by atoms with Crippen molar-refractivity contribution in [3.63, 3.8) is 0 Å². The summed E-state index contributed by atoms with van der Waals surface area (Å²) in [4.78, 5) is 23.4. The topological polar surface area (TPSA) is 59.3 Å². The van der Waals surface area contributed by atoms with E-state index >= 15 is 0 Å². The quantitative estimate of drug-likeness (QED) is 0.912. The standard InChI is InChI=1S/C15H21NO3/c1-10-8-12(17)16(11(2)13(10)14(18)19)9-15(3)6-4-5-7-15/h8H,4-7,9H2,1-3H3,(H,18,19). The summed E-state index contributed by atoms with van der Waals surface area (Å²) in [6, 6.07) is 1.44. The molecular weight excluding hydrogens is 242 g/mol. The summed E-state index contributed by atoms with van der Waals surface area (Å²) in [5.74, 6) is -0.958. The van der Waals surface area contributed by atoms with Crippen molar-refractivity contribution in [2.75, 3.05) is 0 Å². The van der Waals surface area contributed by atoms with E-state index in [1.807, 2.05) is 0 Å². The van der Waals surface area contributed by atoms with Crippen molar-refractivity contribution in [1.29, 1.82) is 0 Å². The van der Waals surface area contributed by atoms with Crippen LogP contribution in [0.1, 0.15) is 54.2 Å². The Balaban J connectivity index is 2.48. The smallest absolute Gasteiger partial charge is 0.337 e. The third kappa shape index (κ3) is 2.57. The number of aromatic nitrogens is 1. The number of aromatic carboxylic acids is 1. The molecule has 1 fully saturated rings. The van der Waals surface area contributed by atoms with Crippen molar-refractivity contribution in [3.05, 3.63) is 33.2 Å². The van der Waals surface area contributed by atoms with E-state index in [4.69, 9.17) is 0 Å². The van der Waals surface area contributed by atoms with Crippen LogP contribution in [0.5, 0.6) is 0 Å². The van der Waals surface area contributed by atoms with Gasteiger partial charge in [-0.25, -0.2) is 4.79 Å². The molecule has 1 aromatic heterocycles. The van der Waals surface area contributed by atoms with Gasteiger partial charge in [0.1, 0.15) is 0 Å². The number of carbonyl (C=O) groups is 1. The molecule has 0 amide bonds. The first-order valence-corrected chi connectivity index (χ1v) is 6.78. The van der Waals surface area contributed by atoms with Gasteiger partial charge in [-0.05, 0) is 37.7 Å². The summed E-state index contributed by atoms with van der Waals surface area (Å²) < 4.78 is 1.64. The maximum Gasteiger partial charge on any atom is 0.337 e. The minimum absolute atomic E-state index is 0.0897. The van der Waals surface area contributed by atoms with Crippen LogP contribution in [0.2, 0.25) is 0 Å². The van der Waals surface area contributed by atoms with Gasteiger partial charge in [-0.1, -0.05) is 19.8 Å². The van der Waals surface area contributed by atoms with Crippen molar-refractivity contribution in [2.24, 2.45) is 5.41 Å². The molecule has 1 N–H and O–H groups in total. The van der Waals surface area contributed by atoms with Gasteiger partial charge in [0.25, 0.3) is 5.56 Å². The fourth-order valence-corrected chi connectivity index (χ4v) is 3.21. The second-order valence-electron chi connectivity index (χ2n) is 6.04. The molecule has 0 spiro atoms. The molecule has 1 aliphatic rings. The Bertz CT molecular complexity index is 565. The third-order valence-electron chi connectivity index (χ3n) is 4.33. The fourth-order valence-electron chi connectivity index (χ4n) is 3.21. The Labute approximate surface area is 113 Å². The van der Waals surface area contributed by atoms with Gasteiger partial charge in [0, 0.05) is 18.3 Å². The summed E-state index contributed by atoms with van der Waals surface area (Å²) in [5.41, 5.74) is 1.42. The average Bonchev–Trinajstić information content (AvgIpc) is 2.71. The number of aryl methyl sites for hydroxylation is 1. The molecule has 0 aromatic carbocycles. The van der Waals surface area contributed by atoms with Gasteiger partial charge in [0.05, 0.1) is 5.56 Å². The van der Waals surface area contributed by atoms with Crippen molar-refractivity contribution < 1.29 is 9.90 Å². The molecule has 0 bridgehead atoms. The molecule has 4 heteroatoms. The number of carboxylic acids is 1. The lowest BCUT2D eigenvalue weighted by Crippen LogP contribution is -2.31. The second-order valence-corrected chi connectivity index (χ2v) is 6.04. The van der Waals surface area contributed by atoms with Crippen LogP contribution in [0.25, 0.3) is 0 Å². The first-order valence-electron chi connectivity index (χ1n) is 6.78. The summed E-state index contributed by atoms with van der Waals surface area (Å²) in [5, 5.41) is 9.27. The highest BCUT2D eigenvalue weighted by Crippen LogP contribution is 2.38. The highest BCUT2D eigenvalue weighted by molar-refractivity contribution is 5.90.